The number of nitrogens with zero attached hydrogens (tertiary/aromatic N) is 3. The number of thioether (sulfide) groups is 1. The van der Waals surface area contributed by atoms with Crippen molar-refractivity contribution in [3.05, 3.63) is 63.9 Å². The molecule has 0 saturated heterocycles. The number of hydrogen-bond donors (Lipinski definition) is 0. The highest BCUT2D eigenvalue weighted by Crippen LogP contribution is 2.23. The molecule has 27 heavy (non-hydrogen) atoms. The van der Waals surface area contributed by atoms with Crippen molar-refractivity contribution in [3.8, 4) is 5.69 Å². The van der Waals surface area contributed by atoms with Gasteiger partial charge in [0.2, 0.25) is 0 Å². The second-order valence-corrected chi connectivity index (χ2v) is 7.76. The van der Waals surface area contributed by atoms with Crippen molar-refractivity contribution in [2.24, 2.45) is 0 Å². The summed E-state index contributed by atoms with van der Waals surface area (Å²) in [5.74, 6) is 0.912. The van der Waals surface area contributed by atoms with Crippen molar-refractivity contribution in [1.29, 1.82) is 0 Å². The van der Waals surface area contributed by atoms with E-state index in [1.54, 1.807) is 28.5 Å². The minimum Gasteiger partial charge on any atom is -0.304 e. The highest BCUT2D eigenvalue weighted by molar-refractivity contribution is 7.99. The molecule has 0 amide bonds. The molecule has 6 heteroatoms. The van der Waals surface area contributed by atoms with E-state index in [1.165, 1.54) is 0 Å². The van der Waals surface area contributed by atoms with E-state index in [1.807, 2.05) is 36.4 Å². The van der Waals surface area contributed by atoms with Crippen LogP contribution in [-0.2, 0) is 0 Å². The van der Waals surface area contributed by atoms with Crippen LogP contribution >= 0.6 is 23.4 Å². The molecule has 3 rings (SSSR count). The Balaban J connectivity index is 1.93. The highest BCUT2D eigenvalue weighted by Gasteiger charge is 2.13. The summed E-state index contributed by atoms with van der Waals surface area (Å²) >= 11 is 7.65. The number of rotatable bonds is 8. The number of halogens is 1. The average molecular weight is 402 g/mol. The van der Waals surface area contributed by atoms with Gasteiger partial charge in [0, 0.05) is 10.8 Å². The van der Waals surface area contributed by atoms with Crippen LogP contribution < -0.4 is 5.56 Å². The summed E-state index contributed by atoms with van der Waals surface area (Å²) in [6.07, 6.45) is 1.05. The van der Waals surface area contributed by atoms with Crippen molar-refractivity contribution >= 4 is 34.3 Å². The molecule has 4 nitrogen and oxygen atoms in total. The number of benzene rings is 2. The van der Waals surface area contributed by atoms with Crippen LogP contribution in [-0.4, -0.2) is 39.8 Å². The Morgan fingerprint density at radius 2 is 1.78 bits per heavy atom. The molecule has 0 radical (unpaired) electrons. The Kier molecular flexibility index (Phi) is 6.94. The zero-order valence-corrected chi connectivity index (χ0v) is 17.3. The summed E-state index contributed by atoms with van der Waals surface area (Å²) in [7, 11) is 0. The largest absolute Gasteiger partial charge is 0.304 e. The van der Waals surface area contributed by atoms with Gasteiger partial charge in [0.15, 0.2) is 5.16 Å². The van der Waals surface area contributed by atoms with Crippen LogP contribution in [0, 0.1) is 0 Å². The number of para-hydroxylation sites is 1. The van der Waals surface area contributed by atoms with E-state index in [9.17, 15) is 4.79 Å². The maximum Gasteiger partial charge on any atom is 0.266 e. The van der Waals surface area contributed by atoms with E-state index in [2.05, 4.69) is 18.7 Å². The Bertz CT molecular complexity index is 952. The summed E-state index contributed by atoms with van der Waals surface area (Å²) in [5, 5.41) is 1.99. The molecule has 0 atom stereocenters. The van der Waals surface area contributed by atoms with Gasteiger partial charge in [-0.1, -0.05) is 49.3 Å². The third-order valence-corrected chi connectivity index (χ3v) is 5.85. The topological polar surface area (TPSA) is 38.1 Å². The molecule has 0 spiro atoms. The highest BCUT2D eigenvalue weighted by atomic mass is 35.5. The minimum atomic E-state index is -0.0471. The zero-order valence-electron chi connectivity index (χ0n) is 15.7. The molecule has 0 aliphatic carbocycles. The molecule has 0 aliphatic heterocycles. The fourth-order valence-electron chi connectivity index (χ4n) is 3.02. The molecule has 0 saturated carbocycles. The smallest absolute Gasteiger partial charge is 0.266 e. The number of aromatic nitrogens is 2. The quantitative estimate of drug-likeness (QED) is 0.307. The molecule has 1 heterocycles. The Hall–Kier alpha value is -1.82. The molecule has 1 aromatic heterocycles. The first-order valence-corrected chi connectivity index (χ1v) is 10.6. The van der Waals surface area contributed by atoms with Gasteiger partial charge in [-0.15, -0.1) is 0 Å². The summed E-state index contributed by atoms with van der Waals surface area (Å²) in [6, 6.07) is 14.8. The van der Waals surface area contributed by atoms with Crippen LogP contribution in [0.15, 0.2) is 58.5 Å². The Morgan fingerprint density at radius 3 is 2.48 bits per heavy atom. The molecule has 0 unspecified atom stereocenters. The van der Waals surface area contributed by atoms with Crippen molar-refractivity contribution in [2.45, 2.75) is 25.4 Å². The van der Waals surface area contributed by atoms with Crippen molar-refractivity contribution < 1.29 is 0 Å². The fraction of sp³-hybridized carbons (Fsp3) is 0.333. The Morgan fingerprint density at radius 1 is 1.07 bits per heavy atom. The van der Waals surface area contributed by atoms with Crippen LogP contribution in [0.2, 0.25) is 5.02 Å². The van der Waals surface area contributed by atoms with Crippen LogP contribution in [0.1, 0.15) is 20.3 Å². The fourth-order valence-corrected chi connectivity index (χ4v) is 4.08. The van der Waals surface area contributed by atoms with Gasteiger partial charge < -0.3 is 4.90 Å². The third kappa shape index (κ3) is 4.72. The van der Waals surface area contributed by atoms with Gasteiger partial charge >= 0.3 is 0 Å². The van der Waals surface area contributed by atoms with Gasteiger partial charge in [0.05, 0.1) is 16.6 Å². The zero-order chi connectivity index (χ0) is 19.2. The third-order valence-electron chi connectivity index (χ3n) is 4.57. The SMILES string of the molecule is CCN(CC)CCCSc1nc2ccccc2c(=O)n1-c1ccc(Cl)cc1. The van der Waals surface area contributed by atoms with Gasteiger partial charge in [0.1, 0.15) is 0 Å². The van der Waals surface area contributed by atoms with Crippen LogP contribution in [0.25, 0.3) is 16.6 Å². The predicted molar refractivity (Wildman–Crippen MR) is 115 cm³/mol. The number of hydrogen-bond acceptors (Lipinski definition) is 4. The van der Waals surface area contributed by atoms with Gasteiger partial charge in [-0.3, -0.25) is 9.36 Å². The second kappa shape index (κ2) is 9.40. The molecule has 0 N–H and O–H groups in total. The molecule has 0 aliphatic rings. The van der Waals surface area contributed by atoms with Crippen LogP contribution in [0.5, 0.6) is 0 Å². The van der Waals surface area contributed by atoms with E-state index < -0.39 is 0 Å². The first-order chi connectivity index (χ1) is 13.1. The summed E-state index contributed by atoms with van der Waals surface area (Å²) in [5.41, 5.74) is 1.47. The lowest BCUT2D eigenvalue weighted by Gasteiger charge is -2.18. The van der Waals surface area contributed by atoms with E-state index >= 15 is 0 Å². The second-order valence-electron chi connectivity index (χ2n) is 6.26. The van der Waals surface area contributed by atoms with E-state index in [4.69, 9.17) is 16.6 Å². The lowest BCUT2D eigenvalue weighted by Crippen LogP contribution is -2.24. The molecule has 3 aromatic rings. The first kappa shape index (κ1) is 19.9. The lowest BCUT2D eigenvalue weighted by molar-refractivity contribution is 0.305. The summed E-state index contributed by atoms with van der Waals surface area (Å²) in [4.78, 5) is 20.3. The maximum atomic E-state index is 13.1. The average Bonchev–Trinajstić information content (AvgIpc) is 2.69. The van der Waals surface area contributed by atoms with Gasteiger partial charge in [0.25, 0.3) is 5.56 Å². The van der Waals surface area contributed by atoms with Gasteiger partial charge in [-0.25, -0.2) is 4.98 Å². The number of fused-ring (bicyclic) bond motifs is 1. The standard InChI is InChI=1S/C21H24ClN3OS/c1-3-24(4-2)14-7-15-27-21-23-19-9-6-5-8-18(19)20(26)25(21)17-12-10-16(22)11-13-17/h5-6,8-13H,3-4,7,14-15H2,1-2H3. The van der Waals surface area contributed by atoms with Crippen LogP contribution in [0.3, 0.4) is 0 Å². The van der Waals surface area contributed by atoms with Crippen molar-refractivity contribution in [2.75, 3.05) is 25.4 Å². The van der Waals surface area contributed by atoms with Crippen molar-refractivity contribution in [1.82, 2.24) is 14.5 Å². The van der Waals surface area contributed by atoms with Crippen molar-refractivity contribution in [3.63, 3.8) is 0 Å². The molecular formula is C21H24ClN3OS. The van der Waals surface area contributed by atoms with Gasteiger partial charge in [-0.2, -0.15) is 0 Å². The minimum absolute atomic E-state index is 0.0471. The van der Waals surface area contributed by atoms with E-state index in [0.29, 0.717) is 10.4 Å². The monoisotopic (exact) mass is 401 g/mol. The molecule has 2 aromatic carbocycles. The molecule has 142 valence electrons. The molecular weight excluding hydrogens is 378 g/mol. The van der Waals surface area contributed by atoms with E-state index in [0.717, 1.165) is 48.2 Å². The van der Waals surface area contributed by atoms with Crippen LogP contribution in [0.4, 0.5) is 0 Å². The predicted octanol–water partition coefficient (Wildman–Crippen LogP) is 4.86. The summed E-state index contributed by atoms with van der Waals surface area (Å²) < 4.78 is 1.70. The normalized spacial score (nSPS) is 11.4. The first-order valence-electron chi connectivity index (χ1n) is 9.27. The lowest BCUT2D eigenvalue weighted by atomic mass is 10.2. The maximum absolute atomic E-state index is 13.1. The molecule has 0 bridgehead atoms. The van der Waals surface area contributed by atoms with Gasteiger partial charge in [-0.05, 0) is 62.5 Å². The summed E-state index contributed by atoms with van der Waals surface area (Å²) in [6.45, 7) is 7.54. The van der Waals surface area contributed by atoms with E-state index in [-0.39, 0.29) is 5.56 Å². The molecule has 0 fully saturated rings. The Labute approximate surface area is 169 Å².